The molecule has 0 aliphatic heterocycles. The third-order valence-electron chi connectivity index (χ3n) is 2.35. The molecule has 0 saturated carbocycles. The van der Waals surface area contributed by atoms with Crippen LogP contribution in [0.15, 0.2) is 30.5 Å². The van der Waals surface area contributed by atoms with Gasteiger partial charge in [0.05, 0.1) is 11.8 Å². The topological polar surface area (TPSA) is 58.6 Å². The minimum Gasteiger partial charge on any atom is -0.292 e. The van der Waals surface area contributed by atoms with E-state index in [0.29, 0.717) is 5.56 Å². The number of rotatable bonds is 3. The molecule has 2 rings (SSSR count). The summed E-state index contributed by atoms with van der Waals surface area (Å²) in [5.41, 5.74) is -0.0777. The minimum atomic E-state index is -4.37. The summed E-state index contributed by atoms with van der Waals surface area (Å²) < 4.78 is 36.9. The van der Waals surface area contributed by atoms with Crippen molar-refractivity contribution in [3.05, 3.63) is 47.3 Å². The van der Waals surface area contributed by atoms with Gasteiger partial charge in [-0.15, -0.1) is 0 Å². The van der Waals surface area contributed by atoms with Gasteiger partial charge >= 0.3 is 6.18 Å². The van der Waals surface area contributed by atoms with Crippen molar-refractivity contribution in [2.45, 2.75) is 12.6 Å². The highest BCUT2D eigenvalue weighted by Gasteiger charge is 2.29. The molecule has 0 bridgehead atoms. The van der Waals surface area contributed by atoms with Crippen LogP contribution in [0.3, 0.4) is 0 Å². The van der Waals surface area contributed by atoms with Gasteiger partial charge in [-0.1, -0.05) is 12.1 Å². The van der Waals surface area contributed by atoms with E-state index in [-0.39, 0.29) is 17.9 Å². The zero-order chi connectivity index (χ0) is 13.2. The zero-order valence-electron chi connectivity index (χ0n) is 9.03. The van der Waals surface area contributed by atoms with Crippen molar-refractivity contribution in [2.75, 3.05) is 0 Å². The first kappa shape index (κ1) is 12.3. The minimum absolute atomic E-state index is 0.00926. The van der Waals surface area contributed by atoms with Gasteiger partial charge in [0.2, 0.25) is 0 Å². The number of nitrogens with one attached hydrogen (secondary N) is 1. The molecule has 0 radical (unpaired) electrons. The van der Waals surface area contributed by atoms with Crippen molar-refractivity contribution >= 4 is 5.78 Å². The molecule has 7 heteroatoms. The van der Waals surface area contributed by atoms with Crippen molar-refractivity contribution in [3.8, 4) is 0 Å². The molecule has 18 heavy (non-hydrogen) atoms. The molecule has 1 aromatic heterocycles. The van der Waals surface area contributed by atoms with E-state index >= 15 is 0 Å². The fraction of sp³-hybridized carbons (Fsp3) is 0.182. The first-order chi connectivity index (χ1) is 8.47. The van der Waals surface area contributed by atoms with Crippen LogP contribution in [0.4, 0.5) is 13.2 Å². The summed E-state index contributed by atoms with van der Waals surface area (Å²) >= 11 is 0. The summed E-state index contributed by atoms with van der Waals surface area (Å²) in [6.07, 6.45) is -3.11. The lowest BCUT2D eigenvalue weighted by Crippen LogP contribution is -2.07. The van der Waals surface area contributed by atoms with Gasteiger partial charge in [-0.2, -0.15) is 28.6 Å². The van der Waals surface area contributed by atoms with Gasteiger partial charge in [-0.05, 0) is 17.7 Å². The van der Waals surface area contributed by atoms with Crippen molar-refractivity contribution in [1.82, 2.24) is 15.4 Å². The van der Waals surface area contributed by atoms with Gasteiger partial charge in [0, 0.05) is 6.42 Å². The Hall–Kier alpha value is -2.18. The normalized spacial score (nSPS) is 11.5. The number of H-pyrrole nitrogens is 1. The molecule has 1 aromatic carbocycles. The van der Waals surface area contributed by atoms with Gasteiger partial charge in [-0.3, -0.25) is 4.79 Å². The van der Waals surface area contributed by atoms with Crippen LogP contribution in [-0.4, -0.2) is 21.2 Å². The first-order valence-electron chi connectivity index (χ1n) is 5.02. The number of benzene rings is 1. The van der Waals surface area contributed by atoms with Gasteiger partial charge in [0.15, 0.2) is 5.78 Å². The molecule has 0 aliphatic rings. The van der Waals surface area contributed by atoms with Crippen LogP contribution < -0.4 is 0 Å². The Kier molecular flexibility index (Phi) is 3.14. The molecule has 0 amide bonds. The Morgan fingerprint density at radius 1 is 1.22 bits per heavy atom. The molecular formula is C11H8F3N3O. The fourth-order valence-electron chi connectivity index (χ4n) is 1.42. The number of hydrogen-bond donors (Lipinski definition) is 1. The highest BCUT2D eigenvalue weighted by Crippen LogP contribution is 2.29. The van der Waals surface area contributed by atoms with E-state index in [9.17, 15) is 18.0 Å². The van der Waals surface area contributed by atoms with E-state index in [1.807, 2.05) is 0 Å². The van der Waals surface area contributed by atoms with Crippen LogP contribution >= 0.6 is 0 Å². The number of carbonyl (C=O) groups excluding carboxylic acids is 1. The molecule has 1 N–H and O–H groups in total. The lowest BCUT2D eigenvalue weighted by Gasteiger charge is -2.06. The van der Waals surface area contributed by atoms with Gasteiger partial charge in [0.25, 0.3) is 0 Å². The van der Waals surface area contributed by atoms with Crippen molar-refractivity contribution in [3.63, 3.8) is 0 Å². The van der Waals surface area contributed by atoms with Crippen LogP contribution in [-0.2, 0) is 12.6 Å². The second kappa shape index (κ2) is 4.59. The van der Waals surface area contributed by atoms with Crippen LogP contribution in [0, 0.1) is 0 Å². The summed E-state index contributed by atoms with van der Waals surface area (Å²) in [7, 11) is 0. The predicted molar refractivity (Wildman–Crippen MR) is 55.9 cm³/mol. The Balaban J connectivity index is 2.09. The quantitative estimate of drug-likeness (QED) is 0.856. The number of alkyl halides is 3. The molecule has 0 saturated heterocycles. The summed E-state index contributed by atoms with van der Waals surface area (Å²) in [6, 6.07) is 4.46. The van der Waals surface area contributed by atoms with E-state index in [4.69, 9.17) is 0 Å². The molecule has 1 heterocycles. The highest BCUT2D eigenvalue weighted by atomic mass is 19.4. The second-order valence-corrected chi connectivity index (χ2v) is 3.65. The number of nitrogens with zero attached hydrogens (tertiary/aromatic N) is 2. The van der Waals surface area contributed by atoms with Gasteiger partial charge in [0.1, 0.15) is 5.69 Å². The molecule has 4 nitrogen and oxygen atoms in total. The molecule has 0 unspecified atom stereocenters. The third kappa shape index (κ3) is 2.73. The molecule has 0 atom stereocenters. The Morgan fingerprint density at radius 3 is 2.39 bits per heavy atom. The molecular weight excluding hydrogens is 247 g/mol. The van der Waals surface area contributed by atoms with Crippen LogP contribution in [0.25, 0.3) is 0 Å². The standard InChI is InChI=1S/C11H8F3N3O/c12-11(13,14)8-3-1-7(2-4-8)5-10(18)9-6-15-17-16-9/h1-4,6H,5H2,(H,15,16,17). The Labute approximate surface area is 99.8 Å². The number of ketones is 1. The van der Waals surface area contributed by atoms with E-state index < -0.39 is 11.7 Å². The maximum atomic E-state index is 12.3. The van der Waals surface area contributed by atoms with E-state index in [1.165, 1.54) is 18.3 Å². The number of carbonyl (C=O) groups is 1. The first-order valence-corrected chi connectivity index (χ1v) is 5.02. The SMILES string of the molecule is O=C(Cc1ccc(C(F)(F)F)cc1)c1cn[nH]n1. The molecule has 0 spiro atoms. The summed E-state index contributed by atoms with van der Waals surface area (Å²) in [4.78, 5) is 11.6. The monoisotopic (exact) mass is 255 g/mol. The number of aromatic amines is 1. The van der Waals surface area contributed by atoms with Crippen LogP contribution in [0.1, 0.15) is 21.6 Å². The summed E-state index contributed by atoms with van der Waals surface area (Å²) in [5.74, 6) is -0.302. The number of halogens is 3. The smallest absolute Gasteiger partial charge is 0.292 e. The van der Waals surface area contributed by atoms with Gasteiger partial charge in [-0.25, -0.2) is 0 Å². The predicted octanol–water partition coefficient (Wildman–Crippen LogP) is 2.25. The lowest BCUT2D eigenvalue weighted by atomic mass is 10.1. The van der Waals surface area contributed by atoms with Crippen molar-refractivity contribution in [1.29, 1.82) is 0 Å². The summed E-state index contributed by atoms with van der Waals surface area (Å²) in [6.45, 7) is 0. The third-order valence-corrected chi connectivity index (χ3v) is 2.35. The Bertz CT molecular complexity index is 532. The van der Waals surface area contributed by atoms with Crippen molar-refractivity contribution in [2.24, 2.45) is 0 Å². The molecule has 0 fully saturated rings. The van der Waals surface area contributed by atoms with E-state index in [2.05, 4.69) is 15.4 Å². The fourth-order valence-corrected chi connectivity index (χ4v) is 1.42. The number of hydrogen-bond acceptors (Lipinski definition) is 3. The van der Waals surface area contributed by atoms with Crippen LogP contribution in [0.5, 0.6) is 0 Å². The van der Waals surface area contributed by atoms with E-state index in [1.54, 1.807) is 0 Å². The average molecular weight is 255 g/mol. The van der Waals surface area contributed by atoms with Crippen LogP contribution in [0.2, 0.25) is 0 Å². The Morgan fingerprint density at radius 2 is 1.89 bits per heavy atom. The molecule has 0 aliphatic carbocycles. The van der Waals surface area contributed by atoms with Gasteiger partial charge < -0.3 is 0 Å². The second-order valence-electron chi connectivity index (χ2n) is 3.65. The molecule has 2 aromatic rings. The summed E-state index contributed by atoms with van der Waals surface area (Å²) in [5, 5.41) is 9.38. The van der Waals surface area contributed by atoms with E-state index in [0.717, 1.165) is 12.1 Å². The average Bonchev–Trinajstić information content (AvgIpc) is 2.82. The highest BCUT2D eigenvalue weighted by molar-refractivity contribution is 5.95. The number of Topliss-reactive ketones (excluding diaryl/α,β-unsaturated/α-hetero) is 1. The van der Waals surface area contributed by atoms with Crippen molar-refractivity contribution < 1.29 is 18.0 Å². The maximum Gasteiger partial charge on any atom is 0.416 e. The zero-order valence-corrected chi connectivity index (χ0v) is 9.03. The lowest BCUT2D eigenvalue weighted by molar-refractivity contribution is -0.137. The maximum absolute atomic E-state index is 12.3. The largest absolute Gasteiger partial charge is 0.416 e. The number of aromatic nitrogens is 3. The molecule has 94 valence electrons.